The summed E-state index contributed by atoms with van der Waals surface area (Å²) in [6, 6.07) is 13.6. The highest BCUT2D eigenvalue weighted by Crippen LogP contribution is 2.42. The van der Waals surface area contributed by atoms with Gasteiger partial charge in [-0.15, -0.1) is 4.40 Å². The van der Waals surface area contributed by atoms with Crippen LogP contribution in [0.1, 0.15) is 57.9 Å². The number of carbonyl (C=O) groups excluding carboxylic acids is 2. The van der Waals surface area contributed by atoms with Gasteiger partial charge >= 0.3 is 0 Å². The van der Waals surface area contributed by atoms with Gasteiger partial charge in [-0.3, -0.25) is 14.3 Å². The van der Waals surface area contributed by atoms with Crippen LogP contribution in [0.2, 0.25) is 0 Å². The van der Waals surface area contributed by atoms with Gasteiger partial charge in [-0.1, -0.05) is 57.0 Å². The Bertz CT molecular complexity index is 1650. The minimum atomic E-state index is -4.38. The molecule has 2 aromatic rings. The van der Waals surface area contributed by atoms with E-state index in [1.165, 1.54) is 18.2 Å². The zero-order valence-corrected chi connectivity index (χ0v) is 26.9. The van der Waals surface area contributed by atoms with Gasteiger partial charge in [-0.25, -0.2) is 8.42 Å². The third kappa shape index (κ3) is 7.00. The fraction of sp³-hybridized carbons (Fsp3) is 0.516. The first-order valence-corrected chi connectivity index (χ1v) is 18.3. The van der Waals surface area contributed by atoms with E-state index in [0.717, 1.165) is 43.9 Å². The molecular formula is C31H40N4O7S2. The van der Waals surface area contributed by atoms with Crippen LogP contribution in [0.25, 0.3) is 0 Å². The van der Waals surface area contributed by atoms with Crippen LogP contribution in [0.3, 0.4) is 0 Å². The lowest BCUT2D eigenvalue weighted by atomic mass is 9.69. The molecule has 2 aromatic carbocycles. The van der Waals surface area contributed by atoms with Crippen LogP contribution < -0.4 is 10.0 Å². The summed E-state index contributed by atoms with van der Waals surface area (Å²) in [6.45, 7) is 4.74. The number of rotatable bonds is 11. The molecule has 3 aliphatic rings. The highest BCUT2D eigenvalue weighted by Gasteiger charge is 2.55. The number of fused-ring (bicyclic) bond motifs is 1. The van der Waals surface area contributed by atoms with Crippen molar-refractivity contribution in [3.8, 4) is 0 Å². The van der Waals surface area contributed by atoms with Gasteiger partial charge < -0.3 is 15.0 Å². The summed E-state index contributed by atoms with van der Waals surface area (Å²) in [5.74, 6) is -2.25. The number of amidine groups is 1. The Morgan fingerprint density at radius 2 is 1.82 bits per heavy atom. The second-order valence-corrected chi connectivity index (χ2v) is 15.9. The van der Waals surface area contributed by atoms with Crippen molar-refractivity contribution < 1.29 is 31.2 Å². The van der Waals surface area contributed by atoms with E-state index in [2.05, 4.69) is 28.3 Å². The van der Waals surface area contributed by atoms with Crippen molar-refractivity contribution in [2.75, 3.05) is 29.4 Å². The van der Waals surface area contributed by atoms with Crippen molar-refractivity contribution in [3.63, 3.8) is 0 Å². The Labute approximate surface area is 259 Å². The number of amides is 1. The Hall–Kier alpha value is -3.29. The van der Waals surface area contributed by atoms with Gasteiger partial charge in [0.15, 0.2) is 11.7 Å². The molecule has 2 fully saturated rings. The zero-order chi connectivity index (χ0) is 31.7. The van der Waals surface area contributed by atoms with Crippen molar-refractivity contribution in [2.24, 2.45) is 21.6 Å². The lowest BCUT2D eigenvalue weighted by Gasteiger charge is -2.47. The number of Topliss-reactive ketones (excluding diaryl/α,β-unsaturated/α-hetero) is 1. The molecule has 0 bridgehead atoms. The van der Waals surface area contributed by atoms with Crippen LogP contribution in [0.15, 0.2) is 57.8 Å². The highest BCUT2D eigenvalue weighted by atomic mass is 32.2. The van der Waals surface area contributed by atoms with E-state index in [1.807, 2.05) is 30.3 Å². The number of anilines is 2. The van der Waals surface area contributed by atoms with E-state index in [0.29, 0.717) is 13.0 Å². The lowest BCUT2D eigenvalue weighted by molar-refractivity contribution is -0.158. The van der Waals surface area contributed by atoms with Gasteiger partial charge in [-0.2, -0.15) is 8.42 Å². The second kappa shape index (κ2) is 12.6. The van der Waals surface area contributed by atoms with E-state index < -0.39 is 43.1 Å². The van der Waals surface area contributed by atoms with Crippen LogP contribution >= 0.6 is 0 Å². The average molecular weight is 645 g/mol. The SMILES string of the molecule is CC(C)CCC1(COCc2ccccc2)CN(C2CCCC2)C(=O)C(C2=NS(=O)(=O)c3cc(NS(C)(=O)=O)ccc3N2)C1=O. The van der Waals surface area contributed by atoms with Crippen molar-refractivity contribution in [3.05, 3.63) is 54.1 Å². The van der Waals surface area contributed by atoms with E-state index in [9.17, 15) is 26.4 Å². The maximum Gasteiger partial charge on any atom is 0.286 e. The zero-order valence-electron chi connectivity index (χ0n) is 25.3. The molecule has 1 saturated carbocycles. The fourth-order valence-electron chi connectivity index (χ4n) is 6.31. The first-order valence-electron chi connectivity index (χ1n) is 15.0. The molecule has 5 rings (SSSR count). The monoisotopic (exact) mass is 644 g/mol. The minimum Gasteiger partial charge on any atom is -0.376 e. The van der Waals surface area contributed by atoms with Crippen LogP contribution in [0.4, 0.5) is 11.4 Å². The number of sulfonamides is 2. The quantitative estimate of drug-likeness (QED) is 0.346. The molecule has 238 valence electrons. The molecule has 1 amide bonds. The standard InChI is InChI=1S/C31H40N4O7S2/c1-21(2)15-16-31(20-42-18-22-9-5-4-6-10-22)19-35(24-11-7-8-12-24)30(37)27(28(31)36)29-32-25-14-13-23(33-43(3,38)39)17-26(25)44(40,41)34-29/h4-6,9-10,13-14,17,21,24,27,33H,7-8,11-12,15-16,18-20H2,1-3H3,(H,32,34). The number of hydrogen-bond donors (Lipinski definition) is 2. The Kier molecular flexibility index (Phi) is 9.20. The number of hydrogen-bond acceptors (Lipinski definition) is 8. The van der Waals surface area contributed by atoms with Crippen LogP contribution in [0.5, 0.6) is 0 Å². The summed E-state index contributed by atoms with van der Waals surface area (Å²) in [7, 11) is -8.04. The summed E-state index contributed by atoms with van der Waals surface area (Å²) in [4.78, 5) is 30.3. The Morgan fingerprint density at radius 3 is 2.48 bits per heavy atom. The lowest BCUT2D eigenvalue weighted by Crippen LogP contribution is -2.63. The molecule has 2 N–H and O–H groups in total. The number of ether oxygens (including phenoxy) is 1. The van der Waals surface area contributed by atoms with Gasteiger partial charge in [0.25, 0.3) is 10.0 Å². The van der Waals surface area contributed by atoms with Gasteiger partial charge in [0.2, 0.25) is 15.9 Å². The molecule has 0 radical (unpaired) electrons. The summed E-state index contributed by atoms with van der Waals surface area (Å²) < 4.78 is 62.7. The van der Waals surface area contributed by atoms with E-state index >= 15 is 0 Å². The molecule has 2 heterocycles. The molecule has 2 aliphatic heterocycles. The number of carbonyl (C=O) groups is 2. The molecule has 2 atom stereocenters. The average Bonchev–Trinajstić information content (AvgIpc) is 3.48. The second-order valence-electron chi connectivity index (χ2n) is 12.6. The molecule has 1 aliphatic carbocycles. The van der Waals surface area contributed by atoms with Gasteiger partial charge in [0.05, 0.1) is 30.6 Å². The first kappa shape index (κ1) is 32.1. The summed E-state index contributed by atoms with van der Waals surface area (Å²) in [5.41, 5.74) is 0.0647. The summed E-state index contributed by atoms with van der Waals surface area (Å²) in [5, 5.41) is 2.95. The van der Waals surface area contributed by atoms with Crippen LogP contribution in [-0.2, 0) is 41.0 Å². The molecule has 44 heavy (non-hydrogen) atoms. The molecular weight excluding hydrogens is 604 g/mol. The van der Waals surface area contributed by atoms with Gasteiger partial charge in [0.1, 0.15) is 10.7 Å². The van der Waals surface area contributed by atoms with Crippen molar-refractivity contribution in [1.29, 1.82) is 0 Å². The third-order valence-electron chi connectivity index (χ3n) is 8.56. The van der Waals surface area contributed by atoms with Gasteiger partial charge in [0, 0.05) is 18.3 Å². The molecule has 0 aromatic heterocycles. The summed E-state index contributed by atoms with van der Waals surface area (Å²) >= 11 is 0. The van der Waals surface area contributed by atoms with Crippen LogP contribution in [0, 0.1) is 17.3 Å². The maximum atomic E-state index is 14.6. The molecule has 11 nitrogen and oxygen atoms in total. The number of piperidine rings is 1. The minimum absolute atomic E-state index is 0.0516. The largest absolute Gasteiger partial charge is 0.376 e. The predicted octanol–water partition coefficient (Wildman–Crippen LogP) is 4.18. The summed E-state index contributed by atoms with van der Waals surface area (Å²) in [6.07, 6.45) is 5.73. The number of ketones is 1. The van der Waals surface area contributed by atoms with Gasteiger partial charge in [-0.05, 0) is 55.4 Å². The maximum absolute atomic E-state index is 14.6. The Balaban J connectivity index is 1.52. The number of benzene rings is 2. The third-order valence-corrected chi connectivity index (χ3v) is 10.5. The first-order chi connectivity index (χ1) is 20.8. The smallest absolute Gasteiger partial charge is 0.286 e. The highest BCUT2D eigenvalue weighted by molar-refractivity contribution is 7.92. The Morgan fingerprint density at radius 1 is 1.11 bits per heavy atom. The number of likely N-dealkylation sites (tertiary alicyclic amines) is 1. The van der Waals surface area contributed by atoms with Crippen molar-refractivity contribution in [2.45, 2.75) is 69.9 Å². The number of nitrogens with zero attached hydrogens (tertiary/aromatic N) is 2. The van der Waals surface area contributed by atoms with E-state index in [4.69, 9.17) is 4.74 Å². The molecule has 1 saturated heterocycles. The van der Waals surface area contributed by atoms with Crippen molar-refractivity contribution in [1.82, 2.24) is 4.90 Å². The van der Waals surface area contributed by atoms with Crippen LogP contribution in [-0.4, -0.2) is 64.7 Å². The fourth-order valence-corrected chi connectivity index (χ4v) is 8.04. The molecule has 0 spiro atoms. The number of nitrogens with one attached hydrogen (secondary N) is 2. The van der Waals surface area contributed by atoms with Crippen molar-refractivity contribution >= 4 is 48.9 Å². The normalized spacial score (nSPS) is 23.8. The topological polar surface area (TPSA) is 151 Å². The molecule has 13 heteroatoms. The van der Waals surface area contributed by atoms with E-state index in [1.54, 1.807) is 4.90 Å². The van der Waals surface area contributed by atoms with E-state index in [-0.39, 0.29) is 47.2 Å². The molecule has 2 unspecified atom stereocenters. The predicted molar refractivity (Wildman–Crippen MR) is 168 cm³/mol.